The Labute approximate surface area is 118 Å². The van der Waals surface area contributed by atoms with Crippen LogP contribution in [0.25, 0.3) is 0 Å². The minimum atomic E-state index is -0.427. The first kappa shape index (κ1) is 12.5. The standard InChI is InChI=1S/C13H14BrFN2S/c14-9-3-4-11(15)10(6-9)13-5-1-2-8(13)7-18-12(16)17-13/h3-4,6,8H,1-2,5,7H2,(H2,16,17)/t8?,13-/m0/s1. The van der Waals surface area contributed by atoms with Crippen LogP contribution in [0.4, 0.5) is 4.39 Å². The molecule has 1 aliphatic carbocycles. The van der Waals surface area contributed by atoms with Crippen molar-refractivity contribution in [2.75, 3.05) is 5.75 Å². The Balaban J connectivity index is 2.17. The molecule has 1 saturated carbocycles. The second kappa shape index (κ2) is 4.53. The number of rotatable bonds is 1. The van der Waals surface area contributed by atoms with Gasteiger partial charge in [-0.05, 0) is 37.0 Å². The summed E-state index contributed by atoms with van der Waals surface area (Å²) in [7, 11) is 0. The summed E-state index contributed by atoms with van der Waals surface area (Å²) in [5.74, 6) is 1.17. The summed E-state index contributed by atoms with van der Waals surface area (Å²) < 4.78 is 15.1. The van der Waals surface area contributed by atoms with Crippen molar-refractivity contribution in [2.24, 2.45) is 16.6 Å². The van der Waals surface area contributed by atoms with E-state index in [9.17, 15) is 4.39 Å². The summed E-state index contributed by atoms with van der Waals surface area (Å²) in [5.41, 5.74) is 6.15. The third kappa shape index (κ3) is 1.88. The highest BCUT2D eigenvalue weighted by Crippen LogP contribution is 2.51. The van der Waals surface area contributed by atoms with Crippen LogP contribution in [0, 0.1) is 11.7 Å². The van der Waals surface area contributed by atoms with Crippen molar-refractivity contribution in [3.8, 4) is 0 Å². The van der Waals surface area contributed by atoms with E-state index in [4.69, 9.17) is 5.73 Å². The molecule has 1 unspecified atom stereocenters. The van der Waals surface area contributed by atoms with E-state index >= 15 is 0 Å². The molecule has 0 bridgehead atoms. The Hall–Kier alpha value is -0.550. The van der Waals surface area contributed by atoms with Crippen LogP contribution in [-0.2, 0) is 5.54 Å². The van der Waals surface area contributed by atoms with Crippen molar-refractivity contribution in [3.63, 3.8) is 0 Å². The average molecular weight is 329 g/mol. The third-order valence-corrected chi connectivity index (χ3v) is 5.37. The van der Waals surface area contributed by atoms with Crippen LogP contribution in [0.1, 0.15) is 24.8 Å². The molecule has 3 rings (SSSR count). The van der Waals surface area contributed by atoms with Crippen LogP contribution in [0.2, 0.25) is 0 Å². The van der Waals surface area contributed by atoms with Gasteiger partial charge in [-0.25, -0.2) is 4.39 Å². The fourth-order valence-corrected chi connectivity index (χ4v) is 4.49. The van der Waals surface area contributed by atoms with Gasteiger partial charge in [-0.15, -0.1) is 0 Å². The molecular weight excluding hydrogens is 315 g/mol. The average Bonchev–Trinajstić information content (AvgIpc) is 2.76. The van der Waals surface area contributed by atoms with E-state index in [0.717, 1.165) is 29.5 Å². The molecule has 1 heterocycles. The lowest BCUT2D eigenvalue weighted by atomic mass is 9.81. The minimum Gasteiger partial charge on any atom is -0.379 e. The number of thioether (sulfide) groups is 1. The Kier molecular flexibility index (Phi) is 3.14. The molecule has 1 aromatic carbocycles. The van der Waals surface area contributed by atoms with Gasteiger partial charge in [0.25, 0.3) is 0 Å². The summed E-state index contributed by atoms with van der Waals surface area (Å²) in [6.07, 6.45) is 3.09. The predicted molar refractivity (Wildman–Crippen MR) is 77.2 cm³/mol. The molecule has 0 aromatic heterocycles. The van der Waals surface area contributed by atoms with Gasteiger partial charge in [0.15, 0.2) is 5.17 Å². The zero-order valence-corrected chi connectivity index (χ0v) is 12.2. The van der Waals surface area contributed by atoms with E-state index in [1.54, 1.807) is 17.8 Å². The summed E-state index contributed by atoms with van der Waals surface area (Å²) in [6, 6.07) is 5.10. The lowest BCUT2D eigenvalue weighted by molar-refractivity contribution is 0.341. The van der Waals surface area contributed by atoms with E-state index in [-0.39, 0.29) is 5.82 Å². The number of hydrogen-bond donors (Lipinski definition) is 1. The van der Waals surface area contributed by atoms with Crippen LogP contribution in [0.3, 0.4) is 0 Å². The van der Waals surface area contributed by atoms with E-state index in [1.165, 1.54) is 6.07 Å². The molecule has 2 nitrogen and oxygen atoms in total. The van der Waals surface area contributed by atoms with Gasteiger partial charge in [0.2, 0.25) is 0 Å². The normalized spacial score (nSPS) is 31.0. The Bertz CT molecular complexity index is 520. The first-order chi connectivity index (χ1) is 8.62. The quantitative estimate of drug-likeness (QED) is 0.854. The highest BCUT2D eigenvalue weighted by atomic mass is 79.9. The largest absolute Gasteiger partial charge is 0.379 e. The zero-order chi connectivity index (χ0) is 12.8. The molecule has 0 radical (unpaired) electrons. The topological polar surface area (TPSA) is 38.4 Å². The summed E-state index contributed by atoms with van der Waals surface area (Å²) in [5, 5.41) is 0.590. The van der Waals surface area contributed by atoms with Crippen molar-refractivity contribution in [2.45, 2.75) is 24.8 Å². The first-order valence-corrected chi connectivity index (χ1v) is 7.83. The smallest absolute Gasteiger partial charge is 0.154 e. The van der Waals surface area contributed by atoms with Gasteiger partial charge in [0.1, 0.15) is 5.82 Å². The van der Waals surface area contributed by atoms with Crippen LogP contribution < -0.4 is 5.73 Å². The molecule has 5 heteroatoms. The van der Waals surface area contributed by atoms with E-state index in [2.05, 4.69) is 20.9 Å². The maximum Gasteiger partial charge on any atom is 0.154 e. The number of benzene rings is 1. The molecule has 1 aliphatic heterocycles. The van der Waals surface area contributed by atoms with Gasteiger partial charge >= 0.3 is 0 Å². The van der Waals surface area contributed by atoms with Crippen LogP contribution >= 0.6 is 27.7 Å². The van der Waals surface area contributed by atoms with Crippen molar-refractivity contribution in [1.29, 1.82) is 0 Å². The van der Waals surface area contributed by atoms with Gasteiger partial charge in [-0.2, -0.15) is 0 Å². The number of hydrogen-bond acceptors (Lipinski definition) is 3. The van der Waals surface area contributed by atoms with Gasteiger partial charge < -0.3 is 5.73 Å². The molecule has 0 saturated heterocycles. The molecule has 0 amide bonds. The Morgan fingerprint density at radius 1 is 1.50 bits per heavy atom. The van der Waals surface area contributed by atoms with Gasteiger partial charge in [0.05, 0.1) is 5.54 Å². The van der Waals surface area contributed by atoms with E-state index < -0.39 is 5.54 Å². The van der Waals surface area contributed by atoms with Gasteiger partial charge in [-0.3, -0.25) is 4.99 Å². The van der Waals surface area contributed by atoms with Crippen molar-refractivity contribution in [3.05, 3.63) is 34.1 Å². The molecule has 18 heavy (non-hydrogen) atoms. The Morgan fingerprint density at radius 2 is 2.33 bits per heavy atom. The van der Waals surface area contributed by atoms with E-state index in [0.29, 0.717) is 16.6 Å². The number of nitrogens with two attached hydrogens (primary N) is 1. The zero-order valence-electron chi connectivity index (χ0n) is 9.83. The maximum atomic E-state index is 14.2. The lowest BCUT2D eigenvalue weighted by Gasteiger charge is -2.36. The summed E-state index contributed by atoms with van der Waals surface area (Å²) in [4.78, 5) is 4.64. The summed E-state index contributed by atoms with van der Waals surface area (Å²) in [6.45, 7) is 0. The molecule has 1 fully saturated rings. The number of nitrogens with zero attached hydrogens (tertiary/aromatic N) is 1. The number of aliphatic imine (C=N–C) groups is 1. The maximum absolute atomic E-state index is 14.2. The molecular formula is C13H14BrFN2S. The minimum absolute atomic E-state index is 0.173. The second-order valence-corrected chi connectivity index (χ2v) is 6.85. The van der Waals surface area contributed by atoms with Gasteiger partial charge in [-0.1, -0.05) is 34.1 Å². The number of fused-ring (bicyclic) bond motifs is 1. The summed E-state index contributed by atoms with van der Waals surface area (Å²) >= 11 is 5.01. The SMILES string of the molecule is NC1=N[C@@]2(c3cc(Br)ccc3F)CCCC2CS1. The lowest BCUT2D eigenvalue weighted by Crippen LogP contribution is -2.37. The van der Waals surface area contributed by atoms with Crippen molar-refractivity contribution >= 4 is 32.9 Å². The van der Waals surface area contributed by atoms with Crippen molar-refractivity contribution in [1.82, 2.24) is 0 Å². The fourth-order valence-electron chi connectivity index (χ4n) is 3.09. The molecule has 2 N–H and O–H groups in total. The Morgan fingerprint density at radius 3 is 3.17 bits per heavy atom. The first-order valence-electron chi connectivity index (χ1n) is 6.05. The highest BCUT2D eigenvalue weighted by Gasteiger charge is 2.47. The second-order valence-electron chi connectivity index (χ2n) is 4.90. The monoisotopic (exact) mass is 328 g/mol. The molecule has 96 valence electrons. The highest BCUT2D eigenvalue weighted by molar-refractivity contribution is 9.10. The van der Waals surface area contributed by atoms with Crippen LogP contribution in [0.5, 0.6) is 0 Å². The van der Waals surface area contributed by atoms with Gasteiger partial charge in [0, 0.05) is 15.8 Å². The third-order valence-electron chi connectivity index (χ3n) is 3.92. The molecule has 1 aromatic rings. The molecule has 0 spiro atoms. The fraction of sp³-hybridized carbons (Fsp3) is 0.462. The van der Waals surface area contributed by atoms with Crippen molar-refractivity contribution < 1.29 is 4.39 Å². The van der Waals surface area contributed by atoms with Crippen LogP contribution in [-0.4, -0.2) is 10.9 Å². The predicted octanol–water partition coefficient (Wildman–Crippen LogP) is 3.65. The molecule has 2 atom stereocenters. The van der Waals surface area contributed by atoms with Crippen LogP contribution in [0.15, 0.2) is 27.7 Å². The number of amidine groups is 1. The number of halogens is 2. The molecule has 2 aliphatic rings. The van der Waals surface area contributed by atoms with E-state index in [1.807, 2.05) is 6.07 Å².